The fourth-order valence-corrected chi connectivity index (χ4v) is 2.65. The summed E-state index contributed by atoms with van der Waals surface area (Å²) in [5.41, 5.74) is 1.21. The first-order valence-corrected chi connectivity index (χ1v) is 9.45. The van der Waals surface area contributed by atoms with Crippen LogP contribution < -0.4 is 0 Å². The number of ether oxygens (including phenoxy) is 2. The van der Waals surface area contributed by atoms with Crippen LogP contribution in [0.1, 0.15) is 79.7 Å². The van der Waals surface area contributed by atoms with Crippen LogP contribution in [0.15, 0.2) is 12.1 Å². The maximum Gasteiger partial charge on any atom is 0.339 e. The van der Waals surface area contributed by atoms with Crippen molar-refractivity contribution >= 4 is 23.5 Å². The highest BCUT2D eigenvalue weighted by molar-refractivity contribution is 6.32. The number of halogens is 1. The van der Waals surface area contributed by atoms with Gasteiger partial charge in [-0.2, -0.15) is 0 Å². The van der Waals surface area contributed by atoms with Gasteiger partial charge in [0.1, 0.15) is 0 Å². The van der Waals surface area contributed by atoms with E-state index in [4.69, 9.17) is 21.1 Å². The lowest BCUT2D eigenvalue weighted by atomic mass is 10.0. The lowest BCUT2D eigenvalue weighted by Gasteiger charge is -2.13. The van der Waals surface area contributed by atoms with Crippen LogP contribution in [0.3, 0.4) is 0 Å². The van der Waals surface area contributed by atoms with E-state index in [1.165, 1.54) is 6.07 Å². The number of carbonyl (C=O) groups is 2. The molecule has 0 aliphatic carbocycles. The molecule has 0 aliphatic rings. The van der Waals surface area contributed by atoms with Crippen LogP contribution in [0.5, 0.6) is 0 Å². The number of rotatable bonds is 10. The van der Waals surface area contributed by atoms with E-state index in [0.29, 0.717) is 30.6 Å². The van der Waals surface area contributed by atoms with Crippen LogP contribution in [0.2, 0.25) is 5.02 Å². The number of hydrogen-bond acceptors (Lipinski definition) is 4. The molecule has 0 aromatic heterocycles. The van der Waals surface area contributed by atoms with Gasteiger partial charge < -0.3 is 9.47 Å². The number of unbranched alkanes of at least 4 members (excludes halogenated alkanes) is 1. The topological polar surface area (TPSA) is 52.6 Å². The van der Waals surface area contributed by atoms with Gasteiger partial charge in [-0.3, -0.25) is 0 Å². The second-order valence-corrected chi connectivity index (χ2v) is 6.91. The molecule has 0 saturated carbocycles. The zero-order chi connectivity index (χ0) is 18.8. The maximum absolute atomic E-state index is 12.4. The number of benzene rings is 1. The minimum absolute atomic E-state index is 0.174. The zero-order valence-corrected chi connectivity index (χ0v) is 16.4. The van der Waals surface area contributed by atoms with Crippen LogP contribution in [-0.2, 0) is 15.9 Å². The summed E-state index contributed by atoms with van der Waals surface area (Å²) in [5, 5.41) is 0.460. The average molecular weight is 369 g/mol. The summed E-state index contributed by atoms with van der Waals surface area (Å²) in [5.74, 6) is -0.481. The molecule has 0 atom stereocenters. The molecule has 4 nitrogen and oxygen atoms in total. The highest BCUT2D eigenvalue weighted by Crippen LogP contribution is 2.24. The molecule has 1 aromatic rings. The molecular formula is C20H29ClO4. The van der Waals surface area contributed by atoms with Gasteiger partial charge in [0.05, 0.1) is 24.3 Å². The zero-order valence-electron chi connectivity index (χ0n) is 15.7. The largest absolute Gasteiger partial charge is 0.462 e. The predicted octanol–water partition coefficient (Wildman–Crippen LogP) is 5.45. The van der Waals surface area contributed by atoms with Gasteiger partial charge in [-0.05, 0) is 49.3 Å². The predicted molar refractivity (Wildman–Crippen MR) is 100 cm³/mol. The van der Waals surface area contributed by atoms with E-state index in [0.717, 1.165) is 31.2 Å². The first kappa shape index (κ1) is 21.5. The Morgan fingerprint density at radius 3 is 2.08 bits per heavy atom. The molecule has 0 aliphatic heterocycles. The summed E-state index contributed by atoms with van der Waals surface area (Å²) in [6.45, 7) is 8.87. The molecule has 0 heterocycles. The van der Waals surface area contributed by atoms with Crippen molar-refractivity contribution in [3.8, 4) is 0 Å². The van der Waals surface area contributed by atoms with Crippen molar-refractivity contribution in [2.75, 3.05) is 13.2 Å². The monoisotopic (exact) mass is 368 g/mol. The summed E-state index contributed by atoms with van der Waals surface area (Å²) in [7, 11) is 0. The van der Waals surface area contributed by atoms with E-state index in [2.05, 4.69) is 13.8 Å². The number of esters is 2. The fraction of sp³-hybridized carbons (Fsp3) is 0.600. The highest BCUT2D eigenvalue weighted by atomic mass is 35.5. The average Bonchev–Trinajstić information content (AvgIpc) is 2.58. The van der Waals surface area contributed by atoms with Gasteiger partial charge in [-0.25, -0.2) is 9.59 Å². The minimum atomic E-state index is -0.532. The van der Waals surface area contributed by atoms with E-state index in [9.17, 15) is 9.59 Å². The van der Waals surface area contributed by atoms with Crippen LogP contribution in [0.4, 0.5) is 0 Å². The van der Waals surface area contributed by atoms with Gasteiger partial charge in [-0.15, -0.1) is 0 Å². The standard InChI is InChI=1S/C20H29ClO4/c1-5-7-10-24-19(22)16-12-15(6-2)18(21)13-17(16)20(23)25-11-8-9-14(3)4/h12-14H,5-11H2,1-4H3. The first-order chi connectivity index (χ1) is 11.9. The summed E-state index contributed by atoms with van der Waals surface area (Å²) in [6.07, 6.45) is 4.15. The second kappa shape index (κ2) is 11.1. The van der Waals surface area contributed by atoms with Crippen molar-refractivity contribution < 1.29 is 19.1 Å². The van der Waals surface area contributed by atoms with Crippen molar-refractivity contribution in [2.24, 2.45) is 5.92 Å². The maximum atomic E-state index is 12.4. The lowest BCUT2D eigenvalue weighted by molar-refractivity contribution is 0.0450. The Kier molecular flexibility index (Phi) is 9.58. The molecule has 0 N–H and O–H groups in total. The van der Waals surface area contributed by atoms with E-state index in [1.54, 1.807) is 6.07 Å². The molecule has 1 rings (SSSR count). The molecule has 0 amide bonds. The Morgan fingerprint density at radius 1 is 1.00 bits per heavy atom. The minimum Gasteiger partial charge on any atom is -0.462 e. The van der Waals surface area contributed by atoms with Crippen molar-refractivity contribution in [1.82, 2.24) is 0 Å². The molecule has 0 spiro atoms. The number of aryl methyl sites for hydroxylation is 1. The molecule has 0 saturated heterocycles. The fourth-order valence-electron chi connectivity index (χ4n) is 2.35. The normalized spacial score (nSPS) is 10.8. The summed E-state index contributed by atoms with van der Waals surface area (Å²) in [4.78, 5) is 24.8. The van der Waals surface area contributed by atoms with Crippen LogP contribution in [0, 0.1) is 5.92 Å². The SMILES string of the molecule is CCCCOC(=O)c1cc(CC)c(Cl)cc1C(=O)OCCCC(C)C. The lowest BCUT2D eigenvalue weighted by Crippen LogP contribution is -2.16. The molecule has 140 valence electrons. The molecule has 25 heavy (non-hydrogen) atoms. The number of hydrogen-bond donors (Lipinski definition) is 0. The van der Waals surface area contributed by atoms with Gasteiger partial charge >= 0.3 is 11.9 Å². The highest BCUT2D eigenvalue weighted by Gasteiger charge is 2.22. The Labute approximate surface area is 155 Å². The van der Waals surface area contributed by atoms with E-state index in [-0.39, 0.29) is 11.1 Å². The van der Waals surface area contributed by atoms with Crippen LogP contribution in [0.25, 0.3) is 0 Å². The third kappa shape index (κ3) is 7.07. The smallest absolute Gasteiger partial charge is 0.339 e. The molecule has 0 fully saturated rings. The first-order valence-electron chi connectivity index (χ1n) is 9.07. The van der Waals surface area contributed by atoms with Gasteiger partial charge in [0.2, 0.25) is 0 Å². The Balaban J connectivity index is 2.93. The van der Waals surface area contributed by atoms with Gasteiger partial charge in [0, 0.05) is 5.02 Å². The van der Waals surface area contributed by atoms with Gasteiger partial charge in [-0.1, -0.05) is 45.7 Å². The summed E-state index contributed by atoms with van der Waals surface area (Å²) >= 11 is 6.22. The molecule has 0 radical (unpaired) electrons. The molecular weight excluding hydrogens is 340 g/mol. The third-order valence-corrected chi connectivity index (χ3v) is 4.25. The Hall–Kier alpha value is -1.55. The van der Waals surface area contributed by atoms with Crippen LogP contribution >= 0.6 is 11.6 Å². The van der Waals surface area contributed by atoms with Crippen LogP contribution in [-0.4, -0.2) is 25.2 Å². The van der Waals surface area contributed by atoms with Gasteiger partial charge in [0.25, 0.3) is 0 Å². The van der Waals surface area contributed by atoms with Gasteiger partial charge in [0.15, 0.2) is 0 Å². The van der Waals surface area contributed by atoms with E-state index in [1.807, 2.05) is 13.8 Å². The Morgan fingerprint density at radius 2 is 1.56 bits per heavy atom. The summed E-state index contributed by atoms with van der Waals surface area (Å²) in [6, 6.07) is 3.16. The van der Waals surface area contributed by atoms with E-state index >= 15 is 0 Å². The van der Waals surface area contributed by atoms with Crippen molar-refractivity contribution in [2.45, 2.75) is 59.8 Å². The molecule has 0 bridgehead atoms. The van der Waals surface area contributed by atoms with E-state index < -0.39 is 11.9 Å². The van der Waals surface area contributed by atoms with Crippen molar-refractivity contribution in [1.29, 1.82) is 0 Å². The molecule has 0 unspecified atom stereocenters. The van der Waals surface area contributed by atoms with Crippen molar-refractivity contribution in [3.05, 3.63) is 33.8 Å². The Bertz CT molecular complexity index is 581. The van der Waals surface area contributed by atoms with Crippen molar-refractivity contribution in [3.63, 3.8) is 0 Å². The number of carbonyl (C=O) groups excluding carboxylic acids is 2. The quantitative estimate of drug-likeness (QED) is 0.407. The second-order valence-electron chi connectivity index (χ2n) is 6.50. The third-order valence-electron chi connectivity index (χ3n) is 3.90. The summed E-state index contributed by atoms with van der Waals surface area (Å²) < 4.78 is 10.6. The molecule has 1 aromatic carbocycles. The molecule has 5 heteroatoms.